The van der Waals surface area contributed by atoms with Crippen molar-refractivity contribution in [1.29, 1.82) is 0 Å². The summed E-state index contributed by atoms with van der Waals surface area (Å²) in [7, 11) is 0. The first kappa shape index (κ1) is 14.6. The first-order valence-electron chi connectivity index (χ1n) is 8.17. The van der Waals surface area contributed by atoms with Gasteiger partial charge in [-0.2, -0.15) is 4.52 Å². The molecule has 0 amide bonds. The highest BCUT2D eigenvalue weighted by molar-refractivity contribution is 5.85. The van der Waals surface area contributed by atoms with Crippen LogP contribution in [0.3, 0.4) is 0 Å². The van der Waals surface area contributed by atoms with Crippen molar-refractivity contribution in [3.05, 3.63) is 53.9 Å². The third kappa shape index (κ3) is 2.67. The first-order chi connectivity index (χ1) is 11.8. The Balaban J connectivity index is 1.79. The zero-order chi connectivity index (χ0) is 16.4. The van der Waals surface area contributed by atoms with Gasteiger partial charge in [-0.3, -0.25) is 0 Å². The minimum atomic E-state index is 0.667. The van der Waals surface area contributed by atoms with Crippen molar-refractivity contribution < 1.29 is 0 Å². The molecule has 0 fully saturated rings. The zero-order valence-corrected chi connectivity index (χ0v) is 13.5. The predicted octanol–water partition coefficient (Wildman–Crippen LogP) is 3.51. The molecule has 120 valence electrons. The number of nitrogens with zero attached hydrogens (tertiary/aromatic N) is 5. The molecule has 0 bridgehead atoms. The van der Waals surface area contributed by atoms with E-state index in [4.69, 9.17) is 0 Å². The number of hydrogen-bond donors (Lipinski definition) is 1. The number of hydrogen-bond acceptors (Lipinski definition) is 4. The number of rotatable bonds is 5. The van der Waals surface area contributed by atoms with Crippen LogP contribution < -0.4 is 0 Å². The zero-order valence-electron chi connectivity index (χ0n) is 13.5. The van der Waals surface area contributed by atoms with Gasteiger partial charge in [0.05, 0.1) is 6.33 Å². The van der Waals surface area contributed by atoms with Gasteiger partial charge in [0.25, 0.3) is 0 Å². The van der Waals surface area contributed by atoms with E-state index in [2.05, 4.69) is 32.0 Å². The number of aryl methyl sites for hydroxylation is 1. The highest BCUT2D eigenvalue weighted by Gasteiger charge is 2.13. The third-order valence-corrected chi connectivity index (χ3v) is 3.92. The number of unbranched alkanes of at least 4 members (excludes halogenated alkanes) is 1. The summed E-state index contributed by atoms with van der Waals surface area (Å²) in [6, 6.07) is 10.1. The lowest BCUT2D eigenvalue weighted by Crippen LogP contribution is -2.03. The molecule has 4 aromatic rings. The van der Waals surface area contributed by atoms with Gasteiger partial charge in [0.1, 0.15) is 11.3 Å². The summed E-state index contributed by atoms with van der Waals surface area (Å²) in [5.41, 5.74) is 3.41. The van der Waals surface area contributed by atoms with E-state index in [0.29, 0.717) is 11.5 Å². The molecule has 1 N–H and O–H groups in total. The van der Waals surface area contributed by atoms with Crippen LogP contribution >= 0.6 is 0 Å². The highest BCUT2D eigenvalue weighted by Crippen LogP contribution is 2.17. The summed E-state index contributed by atoms with van der Waals surface area (Å²) < 4.78 is 1.83. The smallest absolute Gasteiger partial charge is 0.185 e. The Morgan fingerprint density at radius 3 is 2.83 bits per heavy atom. The lowest BCUT2D eigenvalue weighted by molar-refractivity contribution is 0.717. The number of imidazole rings is 1. The number of aromatic amines is 1. The van der Waals surface area contributed by atoms with Crippen LogP contribution in [0, 0.1) is 0 Å². The van der Waals surface area contributed by atoms with Crippen molar-refractivity contribution in [2.45, 2.75) is 26.2 Å². The highest BCUT2D eigenvalue weighted by atomic mass is 15.3. The molecule has 3 heterocycles. The average molecular weight is 318 g/mol. The molecule has 4 rings (SSSR count). The van der Waals surface area contributed by atoms with Crippen LogP contribution in [0.4, 0.5) is 0 Å². The van der Waals surface area contributed by atoms with E-state index in [1.54, 1.807) is 6.33 Å². The van der Waals surface area contributed by atoms with Crippen LogP contribution in [0.2, 0.25) is 0 Å². The lowest BCUT2D eigenvalue weighted by atomic mass is 10.2. The Hall–Kier alpha value is -3.02. The Morgan fingerprint density at radius 1 is 1.12 bits per heavy atom. The SMILES string of the molecule is CCCCc1nc2nc[nH]c2c2nc(/C=C/c3ccccc3)nn12. The summed E-state index contributed by atoms with van der Waals surface area (Å²) in [6.45, 7) is 2.17. The molecule has 0 aliphatic heterocycles. The van der Waals surface area contributed by atoms with Crippen LogP contribution in [-0.2, 0) is 6.42 Å². The maximum atomic E-state index is 4.65. The normalized spacial score (nSPS) is 11.9. The van der Waals surface area contributed by atoms with E-state index in [0.717, 1.165) is 41.8 Å². The second-order valence-electron chi connectivity index (χ2n) is 5.68. The van der Waals surface area contributed by atoms with Gasteiger partial charge in [0.2, 0.25) is 0 Å². The summed E-state index contributed by atoms with van der Waals surface area (Å²) in [5.74, 6) is 1.57. The number of fused-ring (bicyclic) bond motifs is 3. The average Bonchev–Trinajstić information content (AvgIpc) is 3.25. The van der Waals surface area contributed by atoms with E-state index in [-0.39, 0.29) is 0 Å². The minimum Gasteiger partial charge on any atom is -0.340 e. The van der Waals surface area contributed by atoms with Gasteiger partial charge in [-0.1, -0.05) is 49.8 Å². The molecule has 6 nitrogen and oxygen atoms in total. The molecular weight excluding hydrogens is 300 g/mol. The first-order valence-corrected chi connectivity index (χ1v) is 8.17. The van der Waals surface area contributed by atoms with Gasteiger partial charge < -0.3 is 4.98 Å². The molecule has 0 aliphatic rings. The van der Waals surface area contributed by atoms with Crippen LogP contribution in [0.25, 0.3) is 29.0 Å². The second-order valence-corrected chi connectivity index (χ2v) is 5.68. The lowest BCUT2D eigenvalue weighted by Gasteiger charge is -2.02. The van der Waals surface area contributed by atoms with E-state index in [1.807, 2.05) is 47.0 Å². The van der Waals surface area contributed by atoms with Crippen molar-refractivity contribution in [3.63, 3.8) is 0 Å². The third-order valence-electron chi connectivity index (χ3n) is 3.92. The molecule has 0 saturated carbocycles. The second kappa shape index (κ2) is 6.23. The van der Waals surface area contributed by atoms with Crippen LogP contribution in [-0.4, -0.2) is 29.5 Å². The molecule has 0 unspecified atom stereocenters. The van der Waals surface area contributed by atoms with E-state index in [9.17, 15) is 0 Å². The van der Waals surface area contributed by atoms with Gasteiger partial charge in [-0.05, 0) is 18.1 Å². The van der Waals surface area contributed by atoms with Crippen molar-refractivity contribution >= 4 is 29.0 Å². The maximum absolute atomic E-state index is 4.65. The molecule has 0 saturated heterocycles. The number of aromatic nitrogens is 6. The van der Waals surface area contributed by atoms with Crippen molar-refractivity contribution in [1.82, 2.24) is 29.5 Å². The molecule has 0 aliphatic carbocycles. The number of benzene rings is 1. The van der Waals surface area contributed by atoms with Crippen molar-refractivity contribution in [2.24, 2.45) is 0 Å². The van der Waals surface area contributed by atoms with E-state index >= 15 is 0 Å². The van der Waals surface area contributed by atoms with E-state index < -0.39 is 0 Å². The standard InChI is InChI=1S/C18H18N6/c1-2-3-9-15-22-17-16(19-12-20-17)18-21-14(23-24(15)18)11-10-13-7-5-4-6-8-13/h4-8,10-12H,2-3,9H2,1H3,(H,19,20)/b11-10+. The topological polar surface area (TPSA) is 71.8 Å². The maximum Gasteiger partial charge on any atom is 0.185 e. The summed E-state index contributed by atoms with van der Waals surface area (Å²) in [5, 5.41) is 4.62. The molecule has 24 heavy (non-hydrogen) atoms. The number of H-pyrrole nitrogens is 1. The van der Waals surface area contributed by atoms with Crippen LogP contribution in [0.5, 0.6) is 0 Å². The molecule has 1 aromatic carbocycles. The van der Waals surface area contributed by atoms with Gasteiger partial charge in [0, 0.05) is 6.42 Å². The Labute approximate surface area is 139 Å². The predicted molar refractivity (Wildman–Crippen MR) is 94.4 cm³/mol. The quantitative estimate of drug-likeness (QED) is 0.611. The largest absolute Gasteiger partial charge is 0.340 e. The fourth-order valence-corrected chi connectivity index (χ4v) is 2.68. The molecule has 0 atom stereocenters. The fourth-order valence-electron chi connectivity index (χ4n) is 2.68. The Bertz CT molecular complexity index is 996. The molecule has 0 radical (unpaired) electrons. The summed E-state index contributed by atoms with van der Waals surface area (Å²) in [4.78, 5) is 16.7. The molecular formula is C18H18N6. The van der Waals surface area contributed by atoms with Crippen molar-refractivity contribution in [3.8, 4) is 0 Å². The van der Waals surface area contributed by atoms with Gasteiger partial charge >= 0.3 is 0 Å². The summed E-state index contributed by atoms with van der Waals surface area (Å²) in [6.07, 6.45) is 8.62. The monoisotopic (exact) mass is 318 g/mol. The van der Waals surface area contributed by atoms with E-state index in [1.165, 1.54) is 0 Å². The minimum absolute atomic E-state index is 0.667. The molecule has 0 spiro atoms. The van der Waals surface area contributed by atoms with Gasteiger partial charge in [-0.15, -0.1) is 5.10 Å². The molecule has 3 aromatic heterocycles. The Morgan fingerprint density at radius 2 is 2.00 bits per heavy atom. The van der Waals surface area contributed by atoms with Gasteiger partial charge in [0.15, 0.2) is 17.1 Å². The van der Waals surface area contributed by atoms with Crippen LogP contribution in [0.1, 0.15) is 37.0 Å². The number of nitrogens with one attached hydrogen (secondary N) is 1. The van der Waals surface area contributed by atoms with Crippen molar-refractivity contribution in [2.75, 3.05) is 0 Å². The van der Waals surface area contributed by atoms with Crippen LogP contribution in [0.15, 0.2) is 36.7 Å². The molecule has 6 heteroatoms. The summed E-state index contributed by atoms with van der Waals surface area (Å²) >= 11 is 0. The fraction of sp³-hybridized carbons (Fsp3) is 0.222. The Kier molecular flexibility index (Phi) is 3.78. The van der Waals surface area contributed by atoms with Gasteiger partial charge in [-0.25, -0.2) is 15.0 Å².